The maximum atomic E-state index is 12.1. The average Bonchev–Trinajstić information content (AvgIpc) is 3.24. The van der Waals surface area contributed by atoms with Gasteiger partial charge in [0.2, 0.25) is 11.5 Å². The molecule has 0 bridgehead atoms. The van der Waals surface area contributed by atoms with E-state index in [9.17, 15) is 24.8 Å². The van der Waals surface area contributed by atoms with Crippen LogP contribution in [0.2, 0.25) is 0 Å². The first-order valence-corrected chi connectivity index (χ1v) is 8.12. The fraction of sp³-hybridized carbons (Fsp3) is 0. The summed E-state index contributed by atoms with van der Waals surface area (Å²) in [6.45, 7) is 0. The third-order valence-electron chi connectivity index (χ3n) is 3.66. The fourth-order valence-electron chi connectivity index (χ4n) is 2.32. The van der Waals surface area contributed by atoms with E-state index in [1.165, 1.54) is 42.7 Å². The highest BCUT2D eigenvalue weighted by atomic mass is 16.6. The van der Waals surface area contributed by atoms with Crippen LogP contribution in [0.1, 0.15) is 26.5 Å². The van der Waals surface area contributed by atoms with Gasteiger partial charge in [-0.05, 0) is 30.3 Å². The minimum Gasteiger partial charge on any atom is -0.507 e. The lowest BCUT2D eigenvalue weighted by molar-refractivity contribution is -0.385. The van der Waals surface area contributed by atoms with Crippen LogP contribution in [0.25, 0.3) is 0 Å². The number of carbonyl (C=O) groups is 2. The van der Waals surface area contributed by atoms with E-state index >= 15 is 0 Å². The van der Waals surface area contributed by atoms with Crippen molar-refractivity contribution in [3.8, 4) is 11.5 Å². The Kier molecular flexibility index (Phi) is 5.64. The summed E-state index contributed by atoms with van der Waals surface area (Å²) in [5, 5.41) is 24.7. The number of phenolic OH excluding ortho intramolecular Hbond substituents is 1. The molecule has 0 aliphatic heterocycles. The lowest BCUT2D eigenvalue weighted by Gasteiger charge is -2.07. The minimum atomic E-state index is -0.933. The zero-order valence-electron chi connectivity index (χ0n) is 14.6. The quantitative estimate of drug-likeness (QED) is 0.215. The first-order chi connectivity index (χ1) is 14.0. The number of benzene rings is 2. The Morgan fingerprint density at radius 3 is 2.62 bits per heavy atom. The van der Waals surface area contributed by atoms with Gasteiger partial charge in [0.1, 0.15) is 5.75 Å². The van der Waals surface area contributed by atoms with Crippen LogP contribution in [0.4, 0.5) is 5.69 Å². The molecule has 1 aromatic heterocycles. The number of amides is 1. The molecule has 0 aliphatic carbocycles. The van der Waals surface area contributed by atoms with Crippen LogP contribution in [0, 0.1) is 10.1 Å². The van der Waals surface area contributed by atoms with E-state index < -0.39 is 22.5 Å². The molecule has 0 saturated carbocycles. The van der Waals surface area contributed by atoms with E-state index in [1.807, 2.05) is 0 Å². The molecule has 1 heterocycles. The van der Waals surface area contributed by atoms with Gasteiger partial charge < -0.3 is 14.3 Å². The zero-order chi connectivity index (χ0) is 20.8. The normalized spacial score (nSPS) is 10.6. The highest BCUT2D eigenvalue weighted by molar-refractivity contribution is 5.98. The number of hydrazone groups is 1. The molecule has 0 spiro atoms. The predicted molar refractivity (Wildman–Crippen MR) is 99.9 cm³/mol. The lowest BCUT2D eigenvalue weighted by atomic mass is 10.2. The number of para-hydroxylation sites is 2. The van der Waals surface area contributed by atoms with Gasteiger partial charge in [0.25, 0.3) is 5.91 Å². The second-order valence-corrected chi connectivity index (χ2v) is 5.54. The van der Waals surface area contributed by atoms with Crippen LogP contribution in [-0.4, -0.2) is 28.1 Å². The van der Waals surface area contributed by atoms with Gasteiger partial charge in [-0.15, -0.1) is 0 Å². The molecule has 10 heteroatoms. The Bertz CT molecular complexity index is 1090. The third-order valence-corrected chi connectivity index (χ3v) is 3.66. The molecule has 0 aliphatic rings. The van der Waals surface area contributed by atoms with Crippen molar-refractivity contribution in [2.75, 3.05) is 0 Å². The molecule has 0 unspecified atom stereocenters. The average molecular weight is 395 g/mol. The monoisotopic (exact) mass is 395 g/mol. The number of nitro groups is 1. The number of nitro benzene ring substituents is 1. The van der Waals surface area contributed by atoms with Crippen LogP contribution in [0.3, 0.4) is 0 Å². The van der Waals surface area contributed by atoms with Crippen molar-refractivity contribution in [2.24, 2.45) is 5.10 Å². The topological polar surface area (TPSA) is 144 Å². The second-order valence-electron chi connectivity index (χ2n) is 5.54. The van der Waals surface area contributed by atoms with Gasteiger partial charge in [-0.1, -0.05) is 18.2 Å². The molecule has 2 N–H and O–H groups in total. The van der Waals surface area contributed by atoms with E-state index in [1.54, 1.807) is 12.1 Å². The number of furan rings is 1. The number of carbonyl (C=O) groups excluding carboxylic acids is 2. The van der Waals surface area contributed by atoms with Gasteiger partial charge in [-0.3, -0.25) is 14.9 Å². The zero-order valence-corrected chi connectivity index (χ0v) is 14.6. The molecule has 1 amide bonds. The first-order valence-electron chi connectivity index (χ1n) is 8.12. The number of nitrogens with zero attached hydrogens (tertiary/aromatic N) is 2. The number of hydrogen-bond acceptors (Lipinski definition) is 8. The molecule has 146 valence electrons. The highest BCUT2D eigenvalue weighted by Gasteiger charge is 2.23. The van der Waals surface area contributed by atoms with Gasteiger partial charge in [0, 0.05) is 11.6 Å². The van der Waals surface area contributed by atoms with Crippen molar-refractivity contribution in [3.05, 3.63) is 87.9 Å². The van der Waals surface area contributed by atoms with Crippen LogP contribution in [0.5, 0.6) is 11.5 Å². The maximum Gasteiger partial charge on any atom is 0.379 e. The molecule has 0 fully saturated rings. The minimum absolute atomic E-state index is 0.00633. The molecule has 0 saturated heterocycles. The van der Waals surface area contributed by atoms with Crippen LogP contribution < -0.4 is 10.2 Å². The van der Waals surface area contributed by atoms with E-state index in [0.29, 0.717) is 0 Å². The van der Waals surface area contributed by atoms with Gasteiger partial charge in [-0.2, -0.15) is 5.10 Å². The summed E-state index contributed by atoms with van der Waals surface area (Å²) < 4.78 is 10.0. The van der Waals surface area contributed by atoms with Crippen molar-refractivity contribution in [1.29, 1.82) is 0 Å². The molecule has 2 aromatic carbocycles. The molecule has 3 aromatic rings. The predicted octanol–water partition coefficient (Wildman–Crippen LogP) is 2.88. The SMILES string of the molecule is O=C(Oc1c(/C=N/NC(=O)c2ccccc2O)cccc1[N+](=O)[O-])c1ccco1. The van der Waals surface area contributed by atoms with Crippen LogP contribution >= 0.6 is 0 Å². The van der Waals surface area contributed by atoms with Crippen molar-refractivity contribution >= 4 is 23.8 Å². The number of ether oxygens (including phenoxy) is 1. The smallest absolute Gasteiger partial charge is 0.379 e. The molecular formula is C19H13N3O7. The van der Waals surface area contributed by atoms with E-state index in [-0.39, 0.29) is 28.4 Å². The van der Waals surface area contributed by atoms with Gasteiger partial charge in [-0.25, -0.2) is 10.2 Å². The van der Waals surface area contributed by atoms with Gasteiger partial charge >= 0.3 is 11.7 Å². The summed E-state index contributed by atoms with van der Waals surface area (Å²) >= 11 is 0. The Morgan fingerprint density at radius 2 is 1.93 bits per heavy atom. The second kappa shape index (κ2) is 8.48. The van der Waals surface area contributed by atoms with Crippen LogP contribution in [0.15, 0.2) is 70.4 Å². The van der Waals surface area contributed by atoms with Crippen LogP contribution in [-0.2, 0) is 0 Å². The van der Waals surface area contributed by atoms with Crippen molar-refractivity contribution < 1.29 is 28.8 Å². The molecule has 3 rings (SSSR count). The number of aromatic hydroxyl groups is 1. The Labute approximate surface area is 163 Å². The van der Waals surface area contributed by atoms with Crippen molar-refractivity contribution in [2.45, 2.75) is 0 Å². The molecule has 29 heavy (non-hydrogen) atoms. The maximum absolute atomic E-state index is 12.1. The molecule has 0 radical (unpaired) electrons. The Balaban J connectivity index is 1.84. The number of hydrogen-bond donors (Lipinski definition) is 2. The molecular weight excluding hydrogens is 382 g/mol. The largest absolute Gasteiger partial charge is 0.507 e. The Morgan fingerprint density at radius 1 is 1.14 bits per heavy atom. The standard InChI is InChI=1S/C19H13N3O7/c23-15-8-2-1-6-13(15)18(24)21-20-11-12-5-3-7-14(22(26)27)17(12)29-19(25)16-9-4-10-28-16/h1-11,23H,(H,21,24)/b20-11+. The summed E-state index contributed by atoms with van der Waals surface area (Å²) in [7, 11) is 0. The highest BCUT2D eigenvalue weighted by Crippen LogP contribution is 2.30. The fourth-order valence-corrected chi connectivity index (χ4v) is 2.32. The molecule has 0 atom stereocenters. The first kappa shape index (κ1) is 19.3. The number of nitrogens with one attached hydrogen (secondary N) is 1. The van der Waals surface area contributed by atoms with E-state index in [0.717, 1.165) is 12.3 Å². The Hall–Kier alpha value is -4.47. The summed E-state index contributed by atoms with van der Waals surface area (Å²) in [6.07, 6.45) is 2.34. The summed E-state index contributed by atoms with van der Waals surface area (Å²) in [6, 6.07) is 12.6. The summed E-state index contributed by atoms with van der Waals surface area (Å²) in [5.74, 6) is -2.36. The summed E-state index contributed by atoms with van der Waals surface area (Å²) in [4.78, 5) is 34.8. The van der Waals surface area contributed by atoms with E-state index in [4.69, 9.17) is 9.15 Å². The van der Waals surface area contributed by atoms with Crippen molar-refractivity contribution in [1.82, 2.24) is 5.43 Å². The number of esters is 1. The van der Waals surface area contributed by atoms with Crippen molar-refractivity contribution in [3.63, 3.8) is 0 Å². The number of rotatable bonds is 6. The van der Waals surface area contributed by atoms with Gasteiger partial charge in [0.15, 0.2) is 0 Å². The summed E-state index contributed by atoms with van der Waals surface area (Å²) in [5.41, 5.74) is 1.78. The van der Waals surface area contributed by atoms with E-state index in [2.05, 4.69) is 10.5 Å². The number of phenols is 1. The van der Waals surface area contributed by atoms with Gasteiger partial charge in [0.05, 0.1) is 23.0 Å². The third kappa shape index (κ3) is 4.45. The molecule has 10 nitrogen and oxygen atoms in total. The lowest BCUT2D eigenvalue weighted by Crippen LogP contribution is -2.18.